The van der Waals surface area contributed by atoms with Crippen LogP contribution in [0.2, 0.25) is 0 Å². The highest BCUT2D eigenvalue weighted by molar-refractivity contribution is 7.92. The smallest absolute Gasteiger partial charge is 0.335 e. The van der Waals surface area contributed by atoms with Crippen LogP contribution < -0.4 is 0 Å². The number of carboxylic acids is 1. The zero-order chi connectivity index (χ0) is 14.8. The van der Waals surface area contributed by atoms with Crippen molar-refractivity contribution in [1.29, 1.82) is 5.26 Å². The second-order valence-electron chi connectivity index (χ2n) is 3.96. The average molecular weight is 285 g/mol. The molecule has 0 amide bonds. The van der Waals surface area contributed by atoms with E-state index in [9.17, 15) is 17.6 Å². The van der Waals surface area contributed by atoms with Crippen LogP contribution in [0.3, 0.4) is 0 Å². The minimum absolute atomic E-state index is 0.0389. The molecule has 5 nitrogen and oxygen atoms in total. The van der Waals surface area contributed by atoms with Crippen LogP contribution in [0.15, 0.2) is 17.0 Å². The standard InChI is InChI=1S/C12H12FNO4S/c1-3-9(6-14)19(17,18)11-5-8(12(15)16)4-10(13)7(11)2/h4-5,9H,3H2,1-2H3,(H,15,16). The number of carboxylic acid groups (broad SMARTS) is 1. The first-order chi connectivity index (χ1) is 8.75. The molecule has 0 aliphatic carbocycles. The van der Waals surface area contributed by atoms with Gasteiger partial charge in [-0.05, 0) is 25.5 Å². The van der Waals surface area contributed by atoms with Crippen molar-refractivity contribution < 1.29 is 22.7 Å². The zero-order valence-electron chi connectivity index (χ0n) is 10.3. The van der Waals surface area contributed by atoms with Gasteiger partial charge in [0.25, 0.3) is 0 Å². The quantitative estimate of drug-likeness (QED) is 0.911. The Morgan fingerprint density at radius 2 is 2.11 bits per heavy atom. The minimum atomic E-state index is -4.07. The Bertz CT molecular complexity index is 661. The number of rotatable bonds is 4. The lowest BCUT2D eigenvalue weighted by Crippen LogP contribution is -2.20. The maximum Gasteiger partial charge on any atom is 0.335 e. The fourth-order valence-electron chi connectivity index (χ4n) is 1.61. The van der Waals surface area contributed by atoms with Crippen molar-refractivity contribution in [2.45, 2.75) is 30.4 Å². The van der Waals surface area contributed by atoms with Gasteiger partial charge in [0, 0.05) is 5.56 Å². The van der Waals surface area contributed by atoms with Crippen LogP contribution in [-0.4, -0.2) is 24.7 Å². The van der Waals surface area contributed by atoms with Crippen molar-refractivity contribution in [2.75, 3.05) is 0 Å². The zero-order valence-corrected chi connectivity index (χ0v) is 11.2. The normalized spacial score (nSPS) is 12.7. The Morgan fingerprint density at radius 1 is 1.53 bits per heavy atom. The molecule has 1 N–H and O–H groups in total. The summed E-state index contributed by atoms with van der Waals surface area (Å²) in [6.07, 6.45) is 0.0389. The van der Waals surface area contributed by atoms with Crippen molar-refractivity contribution in [3.8, 4) is 6.07 Å². The van der Waals surface area contributed by atoms with Crippen molar-refractivity contribution in [3.63, 3.8) is 0 Å². The molecule has 1 aromatic rings. The molecule has 7 heteroatoms. The maximum atomic E-state index is 13.6. The van der Waals surface area contributed by atoms with Gasteiger partial charge >= 0.3 is 5.97 Å². The first-order valence-corrected chi connectivity index (χ1v) is 6.97. The first kappa shape index (κ1) is 15.1. The summed E-state index contributed by atoms with van der Waals surface area (Å²) in [4.78, 5) is 10.4. The second-order valence-corrected chi connectivity index (χ2v) is 6.06. The molecule has 1 aromatic carbocycles. The van der Waals surface area contributed by atoms with Crippen molar-refractivity contribution in [2.24, 2.45) is 0 Å². The Hall–Kier alpha value is -1.94. The number of aromatic carboxylic acids is 1. The number of benzene rings is 1. The maximum absolute atomic E-state index is 13.6. The van der Waals surface area contributed by atoms with Gasteiger partial charge in [-0.3, -0.25) is 0 Å². The van der Waals surface area contributed by atoms with E-state index in [2.05, 4.69) is 0 Å². The van der Waals surface area contributed by atoms with Crippen molar-refractivity contribution in [3.05, 3.63) is 29.1 Å². The van der Waals surface area contributed by atoms with Gasteiger partial charge in [-0.15, -0.1) is 0 Å². The lowest BCUT2D eigenvalue weighted by atomic mass is 10.1. The van der Waals surface area contributed by atoms with Gasteiger partial charge in [-0.25, -0.2) is 17.6 Å². The summed E-state index contributed by atoms with van der Waals surface area (Å²) >= 11 is 0. The Kier molecular flexibility index (Phi) is 4.27. The molecule has 0 aliphatic heterocycles. The van der Waals surface area contributed by atoms with Crippen LogP contribution in [0, 0.1) is 24.1 Å². The van der Waals surface area contributed by atoms with E-state index in [1.807, 2.05) is 0 Å². The predicted octanol–water partition coefficient (Wildman–Crippen LogP) is 1.91. The van der Waals surface area contributed by atoms with Gasteiger partial charge in [0.15, 0.2) is 15.1 Å². The van der Waals surface area contributed by atoms with Gasteiger partial charge < -0.3 is 5.11 Å². The molecule has 102 valence electrons. The van der Waals surface area contributed by atoms with Gasteiger partial charge in [0.2, 0.25) is 0 Å². The van der Waals surface area contributed by atoms with E-state index >= 15 is 0 Å². The molecule has 0 saturated heterocycles. The summed E-state index contributed by atoms with van der Waals surface area (Å²) in [5, 5.41) is 16.3. The summed E-state index contributed by atoms with van der Waals surface area (Å²) in [6, 6.07) is 3.27. The van der Waals surface area contributed by atoms with E-state index in [0.717, 1.165) is 12.1 Å². The number of hydrogen-bond donors (Lipinski definition) is 1. The van der Waals surface area contributed by atoms with Crippen LogP contribution in [0.1, 0.15) is 29.3 Å². The number of halogens is 1. The van der Waals surface area contributed by atoms with Crippen molar-refractivity contribution >= 4 is 15.8 Å². The number of hydrogen-bond acceptors (Lipinski definition) is 4. The minimum Gasteiger partial charge on any atom is -0.478 e. The second kappa shape index (κ2) is 5.36. The number of carbonyl (C=O) groups is 1. The molecule has 0 bridgehead atoms. The van der Waals surface area contributed by atoms with E-state index < -0.39 is 37.3 Å². The van der Waals surface area contributed by atoms with Crippen LogP contribution >= 0.6 is 0 Å². The molecule has 0 aliphatic rings. The van der Waals surface area contributed by atoms with Crippen LogP contribution in [0.5, 0.6) is 0 Å². The molecule has 19 heavy (non-hydrogen) atoms. The fraction of sp³-hybridized carbons (Fsp3) is 0.333. The molecule has 0 fully saturated rings. The Balaban J connectivity index is 3.60. The topological polar surface area (TPSA) is 95.2 Å². The van der Waals surface area contributed by atoms with Crippen molar-refractivity contribution in [1.82, 2.24) is 0 Å². The molecule has 1 unspecified atom stereocenters. The van der Waals surface area contributed by atoms with E-state index in [-0.39, 0.29) is 12.0 Å². The molecule has 0 saturated carbocycles. The third-order valence-corrected chi connectivity index (χ3v) is 4.96. The average Bonchev–Trinajstić information content (AvgIpc) is 2.33. The third-order valence-electron chi connectivity index (χ3n) is 2.74. The van der Waals surface area contributed by atoms with Gasteiger partial charge in [0.1, 0.15) is 5.82 Å². The predicted molar refractivity (Wildman–Crippen MR) is 65.0 cm³/mol. The van der Waals surface area contributed by atoms with E-state index in [1.54, 1.807) is 6.07 Å². The van der Waals surface area contributed by atoms with E-state index in [4.69, 9.17) is 10.4 Å². The molecule has 0 heterocycles. The van der Waals surface area contributed by atoms with Crippen LogP contribution in [0.25, 0.3) is 0 Å². The summed E-state index contributed by atoms with van der Waals surface area (Å²) in [7, 11) is -4.07. The summed E-state index contributed by atoms with van der Waals surface area (Å²) < 4.78 is 37.9. The summed E-state index contributed by atoms with van der Waals surface area (Å²) in [5.41, 5.74) is -0.645. The van der Waals surface area contributed by atoms with E-state index in [1.165, 1.54) is 13.8 Å². The molecular formula is C12H12FNO4S. The highest BCUT2D eigenvalue weighted by Crippen LogP contribution is 2.25. The molecule has 0 radical (unpaired) electrons. The van der Waals surface area contributed by atoms with Gasteiger partial charge in [-0.1, -0.05) is 6.92 Å². The molecular weight excluding hydrogens is 273 g/mol. The molecule has 0 spiro atoms. The Morgan fingerprint density at radius 3 is 2.53 bits per heavy atom. The summed E-state index contributed by atoms with van der Waals surface area (Å²) in [5.74, 6) is -2.35. The highest BCUT2D eigenvalue weighted by Gasteiger charge is 2.29. The van der Waals surface area contributed by atoms with Gasteiger partial charge in [-0.2, -0.15) is 5.26 Å². The highest BCUT2D eigenvalue weighted by atomic mass is 32.2. The number of sulfone groups is 1. The molecule has 1 rings (SSSR count). The van der Waals surface area contributed by atoms with Crippen LogP contribution in [-0.2, 0) is 9.84 Å². The monoisotopic (exact) mass is 285 g/mol. The number of nitrogens with zero attached hydrogens (tertiary/aromatic N) is 1. The lowest BCUT2D eigenvalue weighted by molar-refractivity contribution is 0.0696. The Labute approximate surface area is 110 Å². The largest absolute Gasteiger partial charge is 0.478 e. The van der Waals surface area contributed by atoms with Crippen LogP contribution in [0.4, 0.5) is 4.39 Å². The number of nitriles is 1. The SMILES string of the molecule is CCC(C#N)S(=O)(=O)c1cc(C(=O)O)cc(F)c1C. The molecule has 1 atom stereocenters. The summed E-state index contributed by atoms with van der Waals surface area (Å²) in [6.45, 7) is 2.75. The fourth-order valence-corrected chi connectivity index (χ4v) is 3.31. The van der Waals surface area contributed by atoms with Gasteiger partial charge in [0.05, 0.1) is 16.5 Å². The lowest BCUT2D eigenvalue weighted by Gasteiger charge is -2.12. The first-order valence-electron chi connectivity index (χ1n) is 5.42. The molecule has 0 aromatic heterocycles. The van der Waals surface area contributed by atoms with E-state index in [0.29, 0.717) is 0 Å². The third kappa shape index (κ3) is 2.74.